The maximum absolute atomic E-state index is 12.4. The molecular weight excluding hydrogens is 284 g/mol. The zero-order chi connectivity index (χ0) is 14.3. The van der Waals surface area contributed by atoms with Crippen molar-refractivity contribution < 1.29 is 4.79 Å². The van der Waals surface area contributed by atoms with Crippen LogP contribution in [0.15, 0.2) is 23.8 Å². The van der Waals surface area contributed by atoms with Crippen LogP contribution in [0.25, 0.3) is 0 Å². The predicted octanol–water partition coefficient (Wildman–Crippen LogP) is 1.75. The van der Waals surface area contributed by atoms with Gasteiger partial charge in [0.1, 0.15) is 0 Å². The molecule has 2 N–H and O–H groups in total. The highest BCUT2D eigenvalue weighted by atomic mass is 32.1. The van der Waals surface area contributed by atoms with Crippen LogP contribution in [-0.2, 0) is 12.0 Å². The minimum atomic E-state index is -0.0419. The Balaban J connectivity index is 1.52. The van der Waals surface area contributed by atoms with Gasteiger partial charge in [0.2, 0.25) is 0 Å². The van der Waals surface area contributed by atoms with Crippen LogP contribution in [0.1, 0.15) is 33.9 Å². The standard InChI is InChI=1S/C15H18N4OS/c20-14(12-2-1-9-21-12)19-7-4-15(5-8-19)13-11(3-6-18-15)16-10-17-13/h1-2,9-10,18H,3-8H2,(H,16,17). The first-order chi connectivity index (χ1) is 10.3. The number of hydrogen-bond donors (Lipinski definition) is 2. The van der Waals surface area contributed by atoms with Crippen molar-refractivity contribution in [1.82, 2.24) is 20.2 Å². The highest BCUT2D eigenvalue weighted by Crippen LogP contribution is 2.36. The number of aromatic nitrogens is 2. The molecule has 1 saturated heterocycles. The lowest BCUT2D eigenvalue weighted by Crippen LogP contribution is -2.55. The Hall–Kier alpha value is -1.66. The van der Waals surface area contributed by atoms with Gasteiger partial charge in [0.15, 0.2) is 0 Å². The Labute approximate surface area is 127 Å². The van der Waals surface area contributed by atoms with E-state index in [1.807, 2.05) is 22.4 Å². The smallest absolute Gasteiger partial charge is 0.263 e. The number of fused-ring (bicyclic) bond motifs is 2. The van der Waals surface area contributed by atoms with Crippen molar-refractivity contribution in [3.8, 4) is 0 Å². The zero-order valence-corrected chi connectivity index (χ0v) is 12.6. The van der Waals surface area contributed by atoms with Crippen molar-refractivity contribution in [3.63, 3.8) is 0 Å². The lowest BCUT2D eigenvalue weighted by molar-refractivity contribution is 0.0631. The van der Waals surface area contributed by atoms with Gasteiger partial charge < -0.3 is 15.2 Å². The van der Waals surface area contributed by atoms with E-state index in [0.717, 1.165) is 49.5 Å². The summed E-state index contributed by atoms with van der Waals surface area (Å²) >= 11 is 1.52. The van der Waals surface area contributed by atoms with Crippen molar-refractivity contribution in [2.45, 2.75) is 24.8 Å². The molecular formula is C15H18N4OS. The van der Waals surface area contributed by atoms with Crippen molar-refractivity contribution in [1.29, 1.82) is 0 Å². The fourth-order valence-electron chi connectivity index (χ4n) is 3.50. The molecule has 1 amide bonds. The number of H-pyrrole nitrogens is 1. The van der Waals surface area contributed by atoms with Crippen LogP contribution in [0.5, 0.6) is 0 Å². The highest BCUT2D eigenvalue weighted by Gasteiger charge is 2.42. The molecule has 0 unspecified atom stereocenters. The second-order valence-electron chi connectivity index (χ2n) is 5.76. The van der Waals surface area contributed by atoms with Gasteiger partial charge in [0.05, 0.1) is 22.4 Å². The summed E-state index contributed by atoms with van der Waals surface area (Å²) in [4.78, 5) is 23.0. The number of rotatable bonds is 1. The van der Waals surface area contributed by atoms with E-state index in [4.69, 9.17) is 0 Å². The number of thiophene rings is 1. The number of imidazole rings is 1. The van der Waals surface area contributed by atoms with Crippen molar-refractivity contribution in [2.24, 2.45) is 0 Å². The second-order valence-corrected chi connectivity index (χ2v) is 6.71. The number of piperidine rings is 1. The maximum atomic E-state index is 12.4. The molecule has 2 aromatic rings. The molecule has 0 bridgehead atoms. The van der Waals surface area contributed by atoms with Crippen LogP contribution >= 0.6 is 11.3 Å². The summed E-state index contributed by atoms with van der Waals surface area (Å²) in [5.74, 6) is 0.165. The molecule has 5 nitrogen and oxygen atoms in total. The number of nitrogens with zero attached hydrogens (tertiary/aromatic N) is 2. The predicted molar refractivity (Wildman–Crippen MR) is 81.4 cm³/mol. The number of aromatic amines is 1. The lowest BCUT2D eigenvalue weighted by Gasteiger charge is -2.44. The van der Waals surface area contributed by atoms with Gasteiger partial charge in [-0.3, -0.25) is 4.79 Å². The summed E-state index contributed by atoms with van der Waals surface area (Å²) in [5, 5.41) is 5.61. The van der Waals surface area contributed by atoms with Crippen molar-refractivity contribution >= 4 is 17.2 Å². The molecule has 4 heterocycles. The number of carbonyl (C=O) groups is 1. The minimum absolute atomic E-state index is 0.0419. The summed E-state index contributed by atoms with van der Waals surface area (Å²) in [6.07, 6.45) is 4.67. The number of likely N-dealkylation sites (tertiary alicyclic amines) is 1. The third-order valence-corrected chi connectivity index (χ3v) is 5.50. The normalized spacial score (nSPS) is 20.5. The molecule has 0 atom stereocenters. The van der Waals surface area contributed by atoms with E-state index in [1.165, 1.54) is 17.0 Å². The summed E-state index contributed by atoms with van der Waals surface area (Å²) in [6, 6.07) is 3.84. The van der Waals surface area contributed by atoms with Crippen molar-refractivity contribution in [2.75, 3.05) is 19.6 Å². The Morgan fingerprint density at radius 1 is 1.38 bits per heavy atom. The average Bonchev–Trinajstić information content (AvgIpc) is 3.19. The van der Waals surface area contributed by atoms with Gasteiger partial charge in [0, 0.05) is 31.7 Å². The van der Waals surface area contributed by atoms with E-state index in [-0.39, 0.29) is 11.4 Å². The zero-order valence-electron chi connectivity index (χ0n) is 11.8. The molecule has 110 valence electrons. The molecule has 21 heavy (non-hydrogen) atoms. The Kier molecular flexibility index (Phi) is 3.08. The van der Waals surface area contributed by atoms with Crippen LogP contribution in [0.4, 0.5) is 0 Å². The van der Waals surface area contributed by atoms with Gasteiger partial charge in [-0.2, -0.15) is 0 Å². The molecule has 4 rings (SSSR count). The third kappa shape index (κ3) is 2.10. The van der Waals surface area contributed by atoms with Gasteiger partial charge in [-0.25, -0.2) is 4.98 Å². The topological polar surface area (TPSA) is 61.0 Å². The van der Waals surface area contributed by atoms with Gasteiger partial charge in [-0.05, 0) is 24.3 Å². The molecule has 2 aromatic heterocycles. The number of hydrogen-bond acceptors (Lipinski definition) is 4. The molecule has 6 heteroatoms. The number of amides is 1. The van der Waals surface area contributed by atoms with Crippen molar-refractivity contribution in [3.05, 3.63) is 40.1 Å². The van der Waals surface area contributed by atoms with Gasteiger partial charge in [-0.15, -0.1) is 11.3 Å². The molecule has 2 aliphatic rings. The van der Waals surface area contributed by atoms with Gasteiger partial charge >= 0.3 is 0 Å². The highest BCUT2D eigenvalue weighted by molar-refractivity contribution is 7.12. The van der Waals surface area contributed by atoms with Crippen LogP contribution in [-0.4, -0.2) is 40.4 Å². The van der Waals surface area contributed by atoms with E-state index in [9.17, 15) is 4.79 Å². The first-order valence-corrected chi connectivity index (χ1v) is 8.27. The lowest BCUT2D eigenvalue weighted by atomic mass is 9.80. The fraction of sp³-hybridized carbons (Fsp3) is 0.467. The molecule has 1 spiro atoms. The Morgan fingerprint density at radius 2 is 2.24 bits per heavy atom. The third-order valence-electron chi connectivity index (χ3n) is 4.65. The summed E-state index contributed by atoms with van der Waals surface area (Å²) in [5.41, 5.74) is 2.38. The van der Waals surface area contributed by atoms with Crippen LogP contribution in [0, 0.1) is 0 Å². The molecule has 0 radical (unpaired) electrons. The Morgan fingerprint density at radius 3 is 3.00 bits per heavy atom. The first-order valence-electron chi connectivity index (χ1n) is 7.39. The van der Waals surface area contributed by atoms with Crippen LogP contribution < -0.4 is 5.32 Å². The Bertz CT molecular complexity index is 640. The van der Waals surface area contributed by atoms with Gasteiger partial charge in [0.25, 0.3) is 5.91 Å². The summed E-state index contributed by atoms with van der Waals surface area (Å²) < 4.78 is 0. The summed E-state index contributed by atoms with van der Waals surface area (Å²) in [6.45, 7) is 2.56. The summed E-state index contributed by atoms with van der Waals surface area (Å²) in [7, 11) is 0. The monoisotopic (exact) mass is 302 g/mol. The SMILES string of the molecule is O=C(c1cccs1)N1CCC2(CC1)NCCc1[nH]cnc12. The first kappa shape index (κ1) is 13.0. The van der Waals surface area contributed by atoms with E-state index >= 15 is 0 Å². The minimum Gasteiger partial charge on any atom is -0.348 e. The van der Waals surface area contributed by atoms with Crippen LogP contribution in [0.3, 0.4) is 0 Å². The molecule has 0 saturated carbocycles. The average molecular weight is 302 g/mol. The molecule has 2 aliphatic heterocycles. The second kappa shape index (κ2) is 4.96. The fourth-order valence-corrected chi connectivity index (χ4v) is 4.19. The van der Waals surface area contributed by atoms with Gasteiger partial charge in [-0.1, -0.05) is 6.07 Å². The molecule has 0 aromatic carbocycles. The largest absolute Gasteiger partial charge is 0.348 e. The van der Waals surface area contributed by atoms with E-state index in [1.54, 1.807) is 6.33 Å². The van der Waals surface area contributed by atoms with E-state index < -0.39 is 0 Å². The van der Waals surface area contributed by atoms with Crippen LogP contribution in [0.2, 0.25) is 0 Å². The van der Waals surface area contributed by atoms with E-state index in [0.29, 0.717) is 0 Å². The quantitative estimate of drug-likeness (QED) is 0.843. The van der Waals surface area contributed by atoms with E-state index in [2.05, 4.69) is 15.3 Å². The maximum Gasteiger partial charge on any atom is 0.263 e. The number of nitrogens with one attached hydrogen (secondary N) is 2. The molecule has 0 aliphatic carbocycles. The number of carbonyl (C=O) groups excluding carboxylic acids is 1. The molecule has 1 fully saturated rings.